The summed E-state index contributed by atoms with van der Waals surface area (Å²) >= 11 is 0. The molecular weight excluding hydrogens is 413 g/mol. The van der Waals surface area contributed by atoms with Crippen molar-refractivity contribution in [1.82, 2.24) is 0 Å². The number of hydrogen-bond donors (Lipinski definition) is 0. The molecule has 1 nitrogen and oxygen atoms in total. The average molecular weight is 440 g/mol. The fraction of sp³-hybridized carbons (Fsp3) is 0.636. The lowest BCUT2D eigenvalue weighted by Crippen LogP contribution is -2.24. The third-order valence-corrected chi connectivity index (χ3v) is 6.20. The molecule has 170 valence electrons. The maximum Gasteiger partial charge on any atom is 0.559 e. The van der Waals surface area contributed by atoms with Gasteiger partial charge in [0.2, 0.25) is 5.75 Å². The molecule has 0 atom stereocenters. The maximum absolute atomic E-state index is 14.1. The van der Waals surface area contributed by atoms with Crippen LogP contribution in [0.5, 0.6) is 5.75 Å². The summed E-state index contributed by atoms with van der Waals surface area (Å²) in [6.07, 6.45) is 4.03. The van der Waals surface area contributed by atoms with Crippen molar-refractivity contribution in [3.8, 4) is 5.75 Å². The highest BCUT2D eigenvalue weighted by Crippen LogP contribution is 2.44. The lowest BCUT2D eigenvalue weighted by Gasteiger charge is -2.37. The molecule has 0 bridgehead atoms. The molecule has 0 saturated heterocycles. The molecule has 3 rings (SSSR count). The SMILES string of the molecule is C=C(F)Oc1c(F)cc(C2CCC(C3CCC(C)CC3)CC2)cc1F.FC(F)(F)F. The molecule has 2 saturated carbocycles. The van der Waals surface area contributed by atoms with Gasteiger partial charge in [-0.05, 0) is 86.5 Å². The Morgan fingerprint density at radius 3 is 1.67 bits per heavy atom. The minimum absolute atomic E-state index is 0.172. The Morgan fingerprint density at radius 2 is 1.27 bits per heavy atom. The van der Waals surface area contributed by atoms with E-state index >= 15 is 0 Å². The fourth-order valence-corrected chi connectivity index (χ4v) is 4.70. The molecule has 0 amide bonds. The first-order valence-corrected chi connectivity index (χ1v) is 10.2. The van der Waals surface area contributed by atoms with Gasteiger partial charge in [0.1, 0.15) is 0 Å². The second-order valence-electron chi connectivity index (χ2n) is 8.33. The molecule has 0 radical (unpaired) electrons. The predicted octanol–water partition coefficient (Wildman–Crippen LogP) is 8.36. The lowest BCUT2D eigenvalue weighted by molar-refractivity contribution is -0.237. The van der Waals surface area contributed by atoms with Gasteiger partial charge in [0.15, 0.2) is 11.6 Å². The summed E-state index contributed by atoms with van der Waals surface area (Å²) in [5.41, 5.74) is 0.655. The first kappa shape index (κ1) is 24.5. The van der Waals surface area contributed by atoms with E-state index in [2.05, 4.69) is 18.2 Å². The highest BCUT2D eigenvalue weighted by atomic mass is 19.5. The van der Waals surface area contributed by atoms with E-state index in [0.717, 1.165) is 43.4 Å². The standard InChI is InChI=1S/C21H27F3O.CF4/c1-13-3-5-15(6-4-13)16-7-9-17(10-8-16)18-11-19(23)21(20(24)12-18)25-14(2)22;2-1(3,4)5/h11-13,15-17H,2-10H2,1H3;. The monoisotopic (exact) mass is 440 g/mol. The van der Waals surface area contributed by atoms with Crippen LogP contribution in [0.2, 0.25) is 0 Å². The van der Waals surface area contributed by atoms with E-state index in [1.165, 1.54) is 37.8 Å². The Balaban J connectivity index is 0.000000575. The topological polar surface area (TPSA) is 9.23 Å². The highest BCUT2D eigenvalue weighted by molar-refractivity contribution is 5.34. The first-order chi connectivity index (χ1) is 13.9. The van der Waals surface area contributed by atoms with Gasteiger partial charge in [-0.2, -0.15) is 4.39 Å². The zero-order valence-electron chi connectivity index (χ0n) is 16.9. The normalized spacial score (nSPS) is 27.1. The van der Waals surface area contributed by atoms with Gasteiger partial charge in [-0.25, -0.2) is 8.78 Å². The Kier molecular flexibility index (Phi) is 8.62. The summed E-state index contributed by atoms with van der Waals surface area (Å²) in [5.74, 6) is 0.189. The number of halogens is 7. The predicted molar refractivity (Wildman–Crippen MR) is 100 cm³/mol. The van der Waals surface area contributed by atoms with E-state index in [4.69, 9.17) is 0 Å². The average Bonchev–Trinajstić information content (AvgIpc) is 2.64. The van der Waals surface area contributed by atoms with Crippen molar-refractivity contribution in [2.24, 2.45) is 17.8 Å². The molecule has 1 aromatic rings. The van der Waals surface area contributed by atoms with Gasteiger partial charge in [0.25, 0.3) is 6.01 Å². The van der Waals surface area contributed by atoms with Crippen LogP contribution in [0, 0.1) is 29.4 Å². The molecule has 2 aliphatic rings. The van der Waals surface area contributed by atoms with Crippen LogP contribution < -0.4 is 4.74 Å². The van der Waals surface area contributed by atoms with Gasteiger partial charge in [-0.3, -0.25) is 0 Å². The van der Waals surface area contributed by atoms with Crippen molar-refractivity contribution in [3.63, 3.8) is 0 Å². The summed E-state index contributed by atoms with van der Waals surface area (Å²) in [6, 6.07) is 1.36. The second kappa shape index (κ2) is 10.5. The first-order valence-electron chi connectivity index (χ1n) is 10.2. The van der Waals surface area contributed by atoms with Crippen LogP contribution in [-0.4, -0.2) is 6.43 Å². The van der Waals surface area contributed by atoms with E-state index in [1.807, 2.05) is 0 Å². The number of rotatable bonds is 4. The lowest BCUT2D eigenvalue weighted by atomic mass is 9.68. The van der Waals surface area contributed by atoms with E-state index in [1.54, 1.807) is 0 Å². The molecule has 0 heterocycles. The Labute approximate surface area is 172 Å². The van der Waals surface area contributed by atoms with Gasteiger partial charge < -0.3 is 4.74 Å². The molecule has 0 unspecified atom stereocenters. The molecule has 2 fully saturated rings. The van der Waals surface area contributed by atoms with E-state index in [0.29, 0.717) is 5.56 Å². The fourth-order valence-electron chi connectivity index (χ4n) is 4.70. The number of benzene rings is 1. The van der Waals surface area contributed by atoms with Crippen LogP contribution in [0.1, 0.15) is 69.8 Å². The van der Waals surface area contributed by atoms with E-state index in [-0.39, 0.29) is 5.92 Å². The van der Waals surface area contributed by atoms with E-state index in [9.17, 15) is 30.7 Å². The number of ether oxygens (including phenoxy) is 1. The Bertz CT molecular complexity index is 671. The summed E-state index contributed by atoms with van der Waals surface area (Å²) in [6.45, 7) is 5.22. The Hall–Kier alpha value is -1.73. The van der Waals surface area contributed by atoms with Crippen molar-refractivity contribution >= 4 is 0 Å². The Morgan fingerprint density at radius 1 is 0.867 bits per heavy atom. The number of alkyl halides is 4. The zero-order valence-corrected chi connectivity index (χ0v) is 16.9. The van der Waals surface area contributed by atoms with Gasteiger partial charge in [0, 0.05) is 0 Å². The smallest absolute Gasteiger partial charge is 0.426 e. The molecule has 0 aliphatic heterocycles. The minimum atomic E-state index is -5.50. The van der Waals surface area contributed by atoms with Crippen molar-refractivity contribution in [1.29, 1.82) is 0 Å². The van der Waals surface area contributed by atoms with Crippen molar-refractivity contribution < 1.29 is 35.5 Å². The van der Waals surface area contributed by atoms with Crippen molar-refractivity contribution in [2.75, 3.05) is 0 Å². The van der Waals surface area contributed by atoms with Gasteiger partial charge in [-0.1, -0.05) is 19.8 Å². The third-order valence-electron chi connectivity index (χ3n) is 6.20. The van der Waals surface area contributed by atoms with Gasteiger partial charge >= 0.3 is 6.43 Å². The molecule has 1 aromatic carbocycles. The van der Waals surface area contributed by atoms with Crippen LogP contribution in [0.3, 0.4) is 0 Å². The third kappa shape index (κ3) is 7.84. The van der Waals surface area contributed by atoms with Crippen molar-refractivity contribution in [2.45, 2.75) is 70.6 Å². The highest BCUT2D eigenvalue weighted by Gasteiger charge is 2.31. The quantitative estimate of drug-likeness (QED) is 0.338. The molecule has 0 aromatic heterocycles. The van der Waals surface area contributed by atoms with Gasteiger partial charge in [0.05, 0.1) is 0 Å². The molecule has 8 heteroatoms. The minimum Gasteiger partial charge on any atom is -0.426 e. The summed E-state index contributed by atoms with van der Waals surface area (Å²) in [7, 11) is 0. The number of hydrogen-bond acceptors (Lipinski definition) is 1. The molecule has 30 heavy (non-hydrogen) atoms. The van der Waals surface area contributed by atoms with Crippen LogP contribution in [0.25, 0.3) is 0 Å². The molecule has 2 aliphatic carbocycles. The zero-order chi connectivity index (χ0) is 22.5. The largest absolute Gasteiger partial charge is 0.559 e. The molecular formula is C22H27F7O. The maximum atomic E-state index is 14.1. The van der Waals surface area contributed by atoms with Crippen LogP contribution >= 0.6 is 0 Å². The van der Waals surface area contributed by atoms with Crippen molar-refractivity contribution in [3.05, 3.63) is 41.9 Å². The molecule has 0 N–H and O–H groups in total. The van der Waals surface area contributed by atoms with Gasteiger partial charge in [-0.15, -0.1) is 17.6 Å². The van der Waals surface area contributed by atoms with Crippen LogP contribution in [0.4, 0.5) is 30.7 Å². The van der Waals surface area contributed by atoms with Crippen LogP contribution in [-0.2, 0) is 0 Å². The summed E-state index contributed by atoms with van der Waals surface area (Å²) < 4.78 is 84.0. The van der Waals surface area contributed by atoms with Crippen LogP contribution in [0.15, 0.2) is 24.7 Å². The molecule has 0 spiro atoms. The summed E-state index contributed by atoms with van der Waals surface area (Å²) in [4.78, 5) is 0. The van der Waals surface area contributed by atoms with E-state index < -0.39 is 29.8 Å². The second-order valence-corrected chi connectivity index (χ2v) is 8.33. The summed E-state index contributed by atoms with van der Waals surface area (Å²) in [5, 5.41) is 0.